The van der Waals surface area contributed by atoms with E-state index < -0.39 is 11.9 Å². The van der Waals surface area contributed by atoms with Gasteiger partial charge < -0.3 is 15.5 Å². The molecule has 28 heavy (non-hydrogen) atoms. The van der Waals surface area contributed by atoms with Crippen molar-refractivity contribution >= 4 is 35.3 Å². The Labute approximate surface area is 173 Å². The SMILES string of the molecule is Clc1ccc2c(c1CSc1ccccn1)CCNCC2.O=C(O)CCC(=O)O. The predicted molar refractivity (Wildman–Crippen MR) is 110 cm³/mol. The lowest BCUT2D eigenvalue weighted by Gasteiger charge is -2.13. The number of fused-ring (bicyclic) bond motifs is 1. The Bertz CT molecular complexity index is 788. The zero-order valence-corrected chi connectivity index (χ0v) is 16.9. The van der Waals surface area contributed by atoms with Gasteiger partial charge in [-0.3, -0.25) is 9.59 Å². The van der Waals surface area contributed by atoms with Crippen LogP contribution < -0.4 is 5.32 Å². The number of hydrogen-bond acceptors (Lipinski definition) is 5. The smallest absolute Gasteiger partial charge is 0.303 e. The van der Waals surface area contributed by atoms with Crippen LogP contribution >= 0.6 is 23.4 Å². The summed E-state index contributed by atoms with van der Waals surface area (Å²) in [5.74, 6) is -1.27. The molecule has 150 valence electrons. The standard InChI is InChI=1S/C16H17ClN2S.C4H6O4/c17-15-5-4-12-6-9-18-10-7-13(12)14(15)11-20-16-3-1-2-8-19-16;5-3(6)1-2-4(7)8/h1-5,8,18H,6-7,9-11H2;1-2H2,(H,5,6)(H,7,8). The molecule has 3 rings (SSSR count). The molecule has 0 spiro atoms. The van der Waals surface area contributed by atoms with Gasteiger partial charge in [0.2, 0.25) is 0 Å². The second kappa shape index (κ2) is 11.7. The molecule has 8 heteroatoms. The summed E-state index contributed by atoms with van der Waals surface area (Å²) in [5, 5.41) is 21.2. The van der Waals surface area contributed by atoms with Crippen molar-refractivity contribution in [3.8, 4) is 0 Å². The van der Waals surface area contributed by atoms with Gasteiger partial charge in [0.25, 0.3) is 0 Å². The second-order valence-corrected chi connectivity index (χ2v) is 7.56. The highest BCUT2D eigenvalue weighted by molar-refractivity contribution is 7.98. The van der Waals surface area contributed by atoms with Crippen molar-refractivity contribution in [3.05, 3.63) is 58.2 Å². The molecule has 0 saturated carbocycles. The van der Waals surface area contributed by atoms with E-state index in [0.29, 0.717) is 0 Å². The van der Waals surface area contributed by atoms with Gasteiger partial charge in [-0.25, -0.2) is 4.98 Å². The Balaban J connectivity index is 0.000000300. The van der Waals surface area contributed by atoms with E-state index in [9.17, 15) is 9.59 Å². The van der Waals surface area contributed by atoms with E-state index in [1.54, 1.807) is 11.8 Å². The maximum atomic E-state index is 9.64. The first-order chi connectivity index (χ1) is 13.5. The van der Waals surface area contributed by atoms with Crippen LogP contribution in [0.4, 0.5) is 0 Å². The number of nitrogens with zero attached hydrogens (tertiary/aromatic N) is 1. The average molecular weight is 423 g/mol. The third-order valence-corrected chi connectivity index (χ3v) is 5.47. The highest BCUT2D eigenvalue weighted by Crippen LogP contribution is 2.31. The molecule has 2 aromatic rings. The fourth-order valence-corrected chi connectivity index (χ4v) is 4.02. The van der Waals surface area contributed by atoms with Gasteiger partial charge in [-0.2, -0.15) is 0 Å². The van der Waals surface area contributed by atoms with Gasteiger partial charge >= 0.3 is 11.9 Å². The second-order valence-electron chi connectivity index (χ2n) is 6.16. The number of carboxylic acid groups (broad SMARTS) is 2. The molecule has 1 aliphatic heterocycles. The molecule has 0 saturated heterocycles. The number of carbonyl (C=O) groups is 2. The first kappa shape index (κ1) is 22.2. The molecule has 1 aliphatic rings. The number of aliphatic carboxylic acids is 2. The lowest BCUT2D eigenvalue weighted by molar-refractivity contribution is -0.143. The average Bonchev–Trinajstić information content (AvgIpc) is 2.92. The van der Waals surface area contributed by atoms with Crippen LogP contribution in [0.15, 0.2) is 41.6 Å². The van der Waals surface area contributed by atoms with Gasteiger partial charge in [0.1, 0.15) is 0 Å². The topological polar surface area (TPSA) is 99.5 Å². The molecule has 0 atom stereocenters. The van der Waals surface area contributed by atoms with Gasteiger partial charge in [0, 0.05) is 17.0 Å². The van der Waals surface area contributed by atoms with Crippen molar-refractivity contribution < 1.29 is 19.8 Å². The molecular formula is C20H23ClN2O4S. The lowest BCUT2D eigenvalue weighted by Crippen LogP contribution is -2.16. The van der Waals surface area contributed by atoms with Crippen LogP contribution in [0.2, 0.25) is 5.02 Å². The van der Waals surface area contributed by atoms with Crippen LogP contribution in [0.1, 0.15) is 29.5 Å². The van der Waals surface area contributed by atoms with Crippen molar-refractivity contribution in [1.82, 2.24) is 10.3 Å². The number of halogens is 1. The summed E-state index contributed by atoms with van der Waals surface area (Å²) in [7, 11) is 0. The largest absolute Gasteiger partial charge is 0.481 e. The number of thioether (sulfide) groups is 1. The van der Waals surface area contributed by atoms with E-state index in [1.165, 1.54) is 16.7 Å². The fraction of sp³-hybridized carbons (Fsp3) is 0.350. The van der Waals surface area contributed by atoms with Gasteiger partial charge in [-0.1, -0.05) is 23.7 Å². The quantitative estimate of drug-likeness (QED) is 0.611. The van der Waals surface area contributed by atoms with Crippen LogP contribution in [-0.4, -0.2) is 40.2 Å². The zero-order valence-electron chi connectivity index (χ0n) is 15.4. The van der Waals surface area contributed by atoms with Crippen LogP contribution in [0.25, 0.3) is 0 Å². The number of pyridine rings is 1. The Hall–Kier alpha value is -2.09. The van der Waals surface area contributed by atoms with E-state index in [1.807, 2.05) is 30.5 Å². The maximum Gasteiger partial charge on any atom is 0.303 e. The van der Waals surface area contributed by atoms with Crippen LogP contribution in [0, 0.1) is 0 Å². The molecule has 3 N–H and O–H groups in total. The number of nitrogens with one attached hydrogen (secondary N) is 1. The van der Waals surface area contributed by atoms with E-state index in [2.05, 4.69) is 16.4 Å². The van der Waals surface area contributed by atoms with Crippen molar-refractivity contribution in [2.45, 2.75) is 36.5 Å². The molecule has 2 heterocycles. The van der Waals surface area contributed by atoms with Gasteiger partial charge in [0.05, 0.1) is 17.9 Å². The van der Waals surface area contributed by atoms with Crippen molar-refractivity contribution in [2.75, 3.05) is 13.1 Å². The minimum absolute atomic E-state index is 0.296. The third kappa shape index (κ3) is 7.50. The number of rotatable bonds is 6. The summed E-state index contributed by atoms with van der Waals surface area (Å²) in [6.45, 7) is 2.09. The van der Waals surface area contributed by atoms with E-state index in [-0.39, 0.29) is 12.8 Å². The monoisotopic (exact) mass is 422 g/mol. The molecule has 0 bridgehead atoms. The number of aromatic nitrogens is 1. The molecule has 0 fully saturated rings. The predicted octanol–water partition coefficient (Wildman–Crippen LogP) is 3.65. The summed E-state index contributed by atoms with van der Waals surface area (Å²) in [4.78, 5) is 23.6. The third-order valence-electron chi connectivity index (χ3n) is 4.15. The molecule has 0 amide bonds. The van der Waals surface area contributed by atoms with Crippen molar-refractivity contribution in [1.29, 1.82) is 0 Å². The summed E-state index contributed by atoms with van der Waals surface area (Å²) in [6.07, 6.45) is 3.39. The van der Waals surface area contributed by atoms with Gasteiger partial charge in [-0.05, 0) is 60.8 Å². The Kier molecular flexibility index (Phi) is 9.27. The minimum Gasteiger partial charge on any atom is -0.481 e. The first-order valence-electron chi connectivity index (χ1n) is 8.94. The van der Waals surface area contributed by atoms with E-state index >= 15 is 0 Å². The Morgan fingerprint density at radius 2 is 1.79 bits per heavy atom. The first-order valence-corrected chi connectivity index (χ1v) is 10.3. The van der Waals surface area contributed by atoms with Crippen molar-refractivity contribution in [2.24, 2.45) is 0 Å². The summed E-state index contributed by atoms with van der Waals surface area (Å²) < 4.78 is 0. The molecule has 1 aromatic carbocycles. The molecule has 0 aliphatic carbocycles. The molecular weight excluding hydrogens is 400 g/mol. The molecule has 6 nitrogen and oxygen atoms in total. The van der Waals surface area contributed by atoms with Crippen LogP contribution in [0.5, 0.6) is 0 Å². The summed E-state index contributed by atoms with van der Waals surface area (Å²) in [5.41, 5.74) is 4.16. The van der Waals surface area contributed by atoms with E-state index in [0.717, 1.165) is 41.7 Å². The normalized spacial score (nSPS) is 12.9. The van der Waals surface area contributed by atoms with Gasteiger partial charge in [0.15, 0.2) is 0 Å². The minimum atomic E-state index is -1.08. The number of carboxylic acids is 2. The highest BCUT2D eigenvalue weighted by Gasteiger charge is 2.15. The lowest BCUT2D eigenvalue weighted by atomic mass is 9.98. The number of hydrogen-bond donors (Lipinski definition) is 3. The van der Waals surface area contributed by atoms with Crippen LogP contribution in [-0.2, 0) is 28.2 Å². The zero-order chi connectivity index (χ0) is 20.4. The number of benzene rings is 1. The molecule has 0 radical (unpaired) electrons. The molecule has 1 aromatic heterocycles. The summed E-state index contributed by atoms with van der Waals surface area (Å²) in [6, 6.07) is 10.2. The molecule has 0 unspecified atom stereocenters. The maximum absolute atomic E-state index is 9.64. The highest BCUT2D eigenvalue weighted by atomic mass is 35.5. The van der Waals surface area contributed by atoms with Gasteiger partial charge in [-0.15, -0.1) is 11.8 Å². The van der Waals surface area contributed by atoms with Crippen LogP contribution in [0.3, 0.4) is 0 Å². The van der Waals surface area contributed by atoms with E-state index in [4.69, 9.17) is 21.8 Å². The Morgan fingerprint density at radius 3 is 2.43 bits per heavy atom. The Morgan fingerprint density at radius 1 is 1.07 bits per heavy atom. The summed E-state index contributed by atoms with van der Waals surface area (Å²) >= 11 is 8.18. The fourth-order valence-electron chi connectivity index (χ4n) is 2.77. The van der Waals surface area contributed by atoms with Crippen molar-refractivity contribution in [3.63, 3.8) is 0 Å².